The van der Waals surface area contributed by atoms with Gasteiger partial charge in [-0.05, 0) is 55.5 Å². The molecule has 8 heteroatoms. The van der Waals surface area contributed by atoms with E-state index < -0.39 is 11.7 Å². The van der Waals surface area contributed by atoms with Crippen molar-refractivity contribution in [2.24, 2.45) is 0 Å². The second kappa shape index (κ2) is 9.62. The van der Waals surface area contributed by atoms with Crippen LogP contribution in [-0.2, 0) is 4.74 Å². The van der Waals surface area contributed by atoms with Gasteiger partial charge in [0.2, 0.25) is 0 Å². The van der Waals surface area contributed by atoms with Crippen LogP contribution in [0, 0.1) is 12.7 Å². The third-order valence-corrected chi connectivity index (χ3v) is 5.07. The first-order valence-corrected chi connectivity index (χ1v) is 10.3. The van der Waals surface area contributed by atoms with Crippen molar-refractivity contribution in [2.45, 2.75) is 6.92 Å². The van der Waals surface area contributed by atoms with Gasteiger partial charge in [0.1, 0.15) is 24.0 Å². The summed E-state index contributed by atoms with van der Waals surface area (Å²) in [6.45, 7) is 2.37. The number of nitrogens with zero attached hydrogens (tertiary/aromatic N) is 2. The molecule has 0 aliphatic rings. The summed E-state index contributed by atoms with van der Waals surface area (Å²) in [6.07, 6.45) is 0. The Bertz CT molecular complexity index is 1370. The van der Waals surface area contributed by atoms with Gasteiger partial charge in [-0.3, -0.25) is 14.2 Å². The minimum Gasteiger partial charge on any atom is -0.489 e. The summed E-state index contributed by atoms with van der Waals surface area (Å²) in [6, 6.07) is 17.6. The summed E-state index contributed by atoms with van der Waals surface area (Å²) in [4.78, 5) is 30.2. The van der Waals surface area contributed by atoms with Crippen LogP contribution in [0.5, 0.6) is 5.75 Å². The van der Waals surface area contributed by atoms with Crippen LogP contribution >= 0.6 is 0 Å². The number of aryl methyl sites for hydroxylation is 1. The van der Waals surface area contributed by atoms with E-state index in [0.29, 0.717) is 40.3 Å². The number of benzene rings is 3. The van der Waals surface area contributed by atoms with Gasteiger partial charge in [-0.15, -0.1) is 0 Å². The zero-order valence-corrected chi connectivity index (χ0v) is 18.2. The van der Waals surface area contributed by atoms with Crippen molar-refractivity contribution < 1.29 is 18.7 Å². The second-order valence-corrected chi connectivity index (χ2v) is 7.30. The first-order valence-electron chi connectivity index (χ1n) is 10.3. The Hall–Kier alpha value is -4.04. The van der Waals surface area contributed by atoms with E-state index in [9.17, 15) is 14.0 Å². The van der Waals surface area contributed by atoms with Crippen molar-refractivity contribution in [3.05, 3.63) is 94.3 Å². The van der Waals surface area contributed by atoms with Crippen LogP contribution in [0.25, 0.3) is 16.6 Å². The minimum absolute atomic E-state index is 0.187. The van der Waals surface area contributed by atoms with E-state index in [1.807, 2.05) is 6.07 Å². The first-order chi connectivity index (χ1) is 16.0. The predicted octanol–water partition coefficient (Wildman–Crippen LogP) is 4.11. The largest absolute Gasteiger partial charge is 0.489 e. The Balaban J connectivity index is 1.59. The summed E-state index contributed by atoms with van der Waals surface area (Å²) in [7, 11) is 1.55. The lowest BCUT2D eigenvalue weighted by Gasteiger charge is -2.13. The Morgan fingerprint density at radius 2 is 1.82 bits per heavy atom. The number of anilines is 1. The van der Waals surface area contributed by atoms with Crippen LogP contribution in [-0.4, -0.2) is 35.8 Å². The van der Waals surface area contributed by atoms with Crippen molar-refractivity contribution in [1.29, 1.82) is 0 Å². The highest BCUT2D eigenvalue weighted by Gasteiger charge is 2.14. The van der Waals surface area contributed by atoms with Gasteiger partial charge in [-0.2, -0.15) is 0 Å². The molecule has 1 heterocycles. The van der Waals surface area contributed by atoms with Crippen LogP contribution in [0.4, 0.5) is 10.1 Å². The highest BCUT2D eigenvalue weighted by molar-refractivity contribution is 6.05. The number of hydrogen-bond acceptors (Lipinski definition) is 5. The average molecular weight is 447 g/mol. The van der Waals surface area contributed by atoms with Gasteiger partial charge in [-0.25, -0.2) is 9.37 Å². The molecule has 0 spiro atoms. The molecule has 0 unspecified atom stereocenters. The highest BCUT2D eigenvalue weighted by atomic mass is 19.1. The Labute approximate surface area is 189 Å². The number of halogens is 1. The van der Waals surface area contributed by atoms with Crippen molar-refractivity contribution >= 4 is 22.5 Å². The Kier molecular flexibility index (Phi) is 6.46. The number of ether oxygens (including phenoxy) is 2. The van der Waals surface area contributed by atoms with Crippen molar-refractivity contribution in [2.75, 3.05) is 25.6 Å². The molecule has 1 amide bonds. The number of methoxy groups -OCH3 is 1. The van der Waals surface area contributed by atoms with E-state index in [4.69, 9.17) is 9.47 Å². The molecule has 0 aliphatic carbocycles. The summed E-state index contributed by atoms with van der Waals surface area (Å²) in [5.41, 5.74) is 1.58. The highest BCUT2D eigenvalue weighted by Crippen LogP contribution is 2.26. The second-order valence-electron chi connectivity index (χ2n) is 7.30. The maximum atomic E-state index is 13.7. The zero-order valence-electron chi connectivity index (χ0n) is 18.2. The zero-order chi connectivity index (χ0) is 23.4. The van der Waals surface area contributed by atoms with E-state index in [1.54, 1.807) is 56.5 Å². The van der Waals surface area contributed by atoms with Crippen LogP contribution in [0.3, 0.4) is 0 Å². The van der Waals surface area contributed by atoms with Crippen LogP contribution in [0.2, 0.25) is 0 Å². The number of hydrogen-bond donors (Lipinski definition) is 1. The maximum Gasteiger partial charge on any atom is 0.265 e. The summed E-state index contributed by atoms with van der Waals surface area (Å²) in [5.74, 6) is -0.0702. The maximum absolute atomic E-state index is 13.7. The van der Waals surface area contributed by atoms with E-state index in [1.165, 1.54) is 22.8 Å². The molecule has 0 bridgehead atoms. The number of fused-ring (bicyclic) bond motifs is 1. The molecule has 0 saturated heterocycles. The van der Waals surface area contributed by atoms with E-state index in [2.05, 4.69) is 10.3 Å². The summed E-state index contributed by atoms with van der Waals surface area (Å²) in [5, 5.41) is 3.19. The monoisotopic (exact) mass is 447 g/mol. The molecule has 168 valence electrons. The standard InChI is InChI=1S/C25H22FN3O4/c1-16-27-21-6-4-3-5-20(21)25(31)29(16)19-10-7-17(8-11-19)24(30)28-22-15-18(26)9-12-23(22)33-14-13-32-2/h3-12,15H,13-14H2,1-2H3,(H,28,30). The fourth-order valence-corrected chi connectivity index (χ4v) is 3.46. The molecule has 0 atom stereocenters. The molecular weight excluding hydrogens is 425 g/mol. The minimum atomic E-state index is -0.501. The van der Waals surface area contributed by atoms with Gasteiger partial charge >= 0.3 is 0 Å². The van der Waals surface area contributed by atoms with E-state index in [0.717, 1.165) is 0 Å². The molecular formula is C25H22FN3O4. The number of para-hydroxylation sites is 1. The predicted molar refractivity (Wildman–Crippen MR) is 124 cm³/mol. The topological polar surface area (TPSA) is 82.4 Å². The summed E-state index contributed by atoms with van der Waals surface area (Å²) >= 11 is 0. The Morgan fingerprint density at radius 3 is 2.58 bits per heavy atom. The van der Waals surface area contributed by atoms with Gasteiger partial charge in [0.25, 0.3) is 11.5 Å². The smallest absolute Gasteiger partial charge is 0.265 e. The first kappa shape index (κ1) is 22.2. The molecule has 33 heavy (non-hydrogen) atoms. The number of amides is 1. The number of nitrogens with one attached hydrogen (secondary N) is 1. The lowest BCUT2D eigenvalue weighted by molar-refractivity contribution is 0.102. The molecule has 0 aliphatic heterocycles. The molecule has 0 saturated carbocycles. The fourth-order valence-electron chi connectivity index (χ4n) is 3.46. The number of rotatable bonds is 7. The van der Waals surface area contributed by atoms with Gasteiger partial charge in [0.05, 0.1) is 28.9 Å². The third-order valence-electron chi connectivity index (χ3n) is 5.07. The normalized spacial score (nSPS) is 10.9. The molecule has 0 radical (unpaired) electrons. The van der Waals surface area contributed by atoms with Crippen molar-refractivity contribution in [3.8, 4) is 11.4 Å². The number of carbonyl (C=O) groups excluding carboxylic acids is 1. The Morgan fingerprint density at radius 1 is 1.06 bits per heavy atom. The van der Waals surface area contributed by atoms with E-state index >= 15 is 0 Å². The third kappa shape index (κ3) is 4.75. The molecule has 7 nitrogen and oxygen atoms in total. The average Bonchev–Trinajstić information content (AvgIpc) is 2.81. The van der Waals surface area contributed by atoms with Gasteiger partial charge in [-0.1, -0.05) is 12.1 Å². The molecule has 4 rings (SSSR count). The molecule has 1 aromatic heterocycles. The summed E-state index contributed by atoms with van der Waals surface area (Å²) < 4.78 is 25.8. The molecule has 1 N–H and O–H groups in total. The molecule has 3 aromatic carbocycles. The number of aromatic nitrogens is 2. The molecule has 0 fully saturated rings. The lowest BCUT2D eigenvalue weighted by Crippen LogP contribution is -2.22. The van der Waals surface area contributed by atoms with Crippen LogP contribution in [0.15, 0.2) is 71.5 Å². The SMILES string of the molecule is COCCOc1ccc(F)cc1NC(=O)c1ccc(-n2c(C)nc3ccccc3c2=O)cc1. The van der Waals surface area contributed by atoms with E-state index in [-0.39, 0.29) is 17.9 Å². The van der Waals surface area contributed by atoms with Gasteiger partial charge < -0.3 is 14.8 Å². The molecule has 4 aromatic rings. The van der Waals surface area contributed by atoms with Gasteiger partial charge in [0.15, 0.2) is 0 Å². The van der Waals surface area contributed by atoms with Crippen LogP contribution in [0.1, 0.15) is 16.2 Å². The lowest BCUT2D eigenvalue weighted by atomic mass is 10.1. The van der Waals surface area contributed by atoms with Crippen molar-refractivity contribution in [1.82, 2.24) is 9.55 Å². The quantitative estimate of drug-likeness (QED) is 0.431. The number of carbonyl (C=O) groups is 1. The fraction of sp³-hybridized carbons (Fsp3) is 0.160. The van der Waals surface area contributed by atoms with Gasteiger partial charge in [0, 0.05) is 18.7 Å². The van der Waals surface area contributed by atoms with Crippen LogP contribution < -0.4 is 15.6 Å². The van der Waals surface area contributed by atoms with Crippen molar-refractivity contribution in [3.63, 3.8) is 0 Å².